The van der Waals surface area contributed by atoms with E-state index in [-0.39, 0.29) is 11.0 Å². The third-order valence-corrected chi connectivity index (χ3v) is 11.8. The van der Waals surface area contributed by atoms with Crippen molar-refractivity contribution in [2.24, 2.45) is 5.92 Å². The van der Waals surface area contributed by atoms with Crippen LogP contribution in [0.1, 0.15) is 54.4 Å². The number of hydrogen-bond acceptors (Lipinski definition) is 4. The van der Waals surface area contributed by atoms with Gasteiger partial charge in [0.05, 0.1) is 12.2 Å². The first-order chi connectivity index (χ1) is 15.9. The topological polar surface area (TPSA) is 47.9 Å². The quantitative estimate of drug-likeness (QED) is 0.380. The molecule has 2 aromatic carbocycles. The van der Waals surface area contributed by atoms with Gasteiger partial charge < -0.3 is 19.0 Å². The van der Waals surface area contributed by atoms with Gasteiger partial charge in [0.1, 0.15) is 6.10 Å². The van der Waals surface area contributed by atoms with Crippen LogP contribution in [0.15, 0.2) is 73.3 Å². The lowest BCUT2D eigenvalue weighted by Crippen LogP contribution is -2.67. The zero-order valence-electron chi connectivity index (χ0n) is 21.7. The molecule has 1 aliphatic heterocycles. The molecule has 1 saturated heterocycles. The molecule has 0 spiro atoms. The molecule has 1 aliphatic rings. The van der Waals surface area contributed by atoms with Crippen LogP contribution in [0, 0.1) is 5.92 Å². The van der Waals surface area contributed by atoms with E-state index in [4.69, 9.17) is 13.9 Å². The van der Waals surface area contributed by atoms with Gasteiger partial charge in [-0.25, -0.2) is 0 Å². The summed E-state index contributed by atoms with van der Waals surface area (Å²) in [5, 5.41) is 14.1. The maximum absolute atomic E-state index is 11.6. The van der Waals surface area contributed by atoms with Gasteiger partial charge in [-0.2, -0.15) is 0 Å². The molecule has 4 nitrogen and oxygen atoms in total. The molecule has 0 saturated carbocycles. The van der Waals surface area contributed by atoms with Crippen LogP contribution in [0.3, 0.4) is 0 Å². The summed E-state index contributed by atoms with van der Waals surface area (Å²) in [6.45, 7) is 17.6. The van der Waals surface area contributed by atoms with Crippen LogP contribution in [0.5, 0.6) is 0 Å². The van der Waals surface area contributed by atoms with E-state index in [9.17, 15) is 5.11 Å². The third kappa shape index (κ3) is 5.72. The minimum absolute atomic E-state index is 0.0841. The van der Waals surface area contributed by atoms with Crippen molar-refractivity contribution >= 4 is 18.7 Å². The highest BCUT2D eigenvalue weighted by Crippen LogP contribution is 2.39. The highest BCUT2D eigenvalue weighted by Gasteiger charge is 2.51. The summed E-state index contributed by atoms with van der Waals surface area (Å²) in [5.41, 5.74) is -1.05. The van der Waals surface area contributed by atoms with Gasteiger partial charge in [0.15, 0.2) is 5.79 Å². The summed E-state index contributed by atoms with van der Waals surface area (Å²) < 4.78 is 18.9. The largest absolute Gasteiger partial charge is 0.407 e. The predicted molar refractivity (Wildman–Crippen MR) is 142 cm³/mol. The van der Waals surface area contributed by atoms with Gasteiger partial charge in [0.2, 0.25) is 0 Å². The van der Waals surface area contributed by atoms with Crippen LogP contribution >= 0.6 is 0 Å². The summed E-state index contributed by atoms with van der Waals surface area (Å²) in [7, 11) is -2.62. The summed E-state index contributed by atoms with van der Waals surface area (Å²) in [4.78, 5) is 0. The van der Waals surface area contributed by atoms with Crippen LogP contribution in [-0.4, -0.2) is 44.1 Å². The zero-order valence-corrected chi connectivity index (χ0v) is 22.7. The van der Waals surface area contributed by atoms with Crippen LogP contribution in [-0.2, 0) is 13.9 Å². The molecule has 2 aromatic rings. The standard InChI is InChI=1S/C29H42O4Si/c1-8-19-29(30,26-22-31-28(6,7)33-26)20-23(2)21-32-34(27(3,4)5,24-15-11-9-12-16-24)25-17-13-10-14-18-25/h8-18,23,26,30H,1,19-22H2,2-7H3/t23-,26-,29-/m1/s1. The second kappa shape index (κ2) is 10.5. The van der Waals surface area contributed by atoms with Crippen molar-refractivity contribution in [1.29, 1.82) is 0 Å². The number of rotatable bonds is 10. The van der Waals surface area contributed by atoms with Gasteiger partial charge in [-0.1, -0.05) is 94.4 Å². The van der Waals surface area contributed by atoms with E-state index in [1.807, 2.05) is 13.8 Å². The Morgan fingerprint density at radius 3 is 2.03 bits per heavy atom. The van der Waals surface area contributed by atoms with Gasteiger partial charge in [0, 0.05) is 6.61 Å². The van der Waals surface area contributed by atoms with Crippen molar-refractivity contribution in [3.63, 3.8) is 0 Å². The lowest BCUT2D eigenvalue weighted by molar-refractivity contribution is -0.173. The first-order valence-electron chi connectivity index (χ1n) is 12.3. The van der Waals surface area contributed by atoms with E-state index in [0.717, 1.165) is 0 Å². The average molecular weight is 483 g/mol. The maximum atomic E-state index is 11.6. The fourth-order valence-electron chi connectivity index (χ4n) is 5.24. The molecule has 1 heterocycles. The Kier molecular flexibility index (Phi) is 8.26. The molecule has 1 N–H and O–H groups in total. The number of hydrogen-bond donors (Lipinski definition) is 1. The van der Waals surface area contributed by atoms with Crippen molar-refractivity contribution in [3.8, 4) is 0 Å². The molecule has 0 bridgehead atoms. The van der Waals surface area contributed by atoms with Crippen LogP contribution in [0.2, 0.25) is 5.04 Å². The lowest BCUT2D eigenvalue weighted by Gasteiger charge is -2.44. The molecular formula is C29H42O4Si. The Bertz CT molecular complexity index is 883. The molecule has 186 valence electrons. The van der Waals surface area contributed by atoms with Gasteiger partial charge in [0.25, 0.3) is 8.32 Å². The molecular weight excluding hydrogens is 440 g/mol. The molecule has 3 atom stereocenters. The van der Waals surface area contributed by atoms with E-state index in [1.54, 1.807) is 6.08 Å². The summed E-state index contributed by atoms with van der Waals surface area (Å²) >= 11 is 0. The first kappa shape index (κ1) is 26.8. The first-order valence-corrected chi connectivity index (χ1v) is 14.2. The van der Waals surface area contributed by atoms with Crippen molar-refractivity contribution in [2.45, 2.75) is 76.9 Å². The van der Waals surface area contributed by atoms with Gasteiger partial charge in [-0.3, -0.25) is 0 Å². The average Bonchev–Trinajstić information content (AvgIpc) is 3.15. The molecule has 0 radical (unpaired) electrons. The van der Waals surface area contributed by atoms with Crippen molar-refractivity contribution in [3.05, 3.63) is 73.3 Å². The molecule has 1 fully saturated rings. The van der Waals surface area contributed by atoms with E-state index in [2.05, 4.69) is 94.9 Å². The summed E-state index contributed by atoms with van der Waals surface area (Å²) in [6, 6.07) is 21.3. The molecule has 5 heteroatoms. The maximum Gasteiger partial charge on any atom is 0.261 e. The molecule has 0 unspecified atom stereocenters. The third-order valence-electron chi connectivity index (χ3n) is 6.81. The van der Waals surface area contributed by atoms with E-state index < -0.39 is 25.8 Å². The van der Waals surface area contributed by atoms with Crippen molar-refractivity contribution in [1.82, 2.24) is 0 Å². The highest BCUT2D eigenvalue weighted by atomic mass is 28.4. The van der Waals surface area contributed by atoms with E-state index in [0.29, 0.717) is 26.1 Å². The van der Waals surface area contributed by atoms with Crippen molar-refractivity contribution < 1.29 is 19.0 Å². The molecule has 34 heavy (non-hydrogen) atoms. The monoisotopic (exact) mass is 482 g/mol. The second-order valence-electron chi connectivity index (χ2n) is 11.2. The van der Waals surface area contributed by atoms with Crippen LogP contribution in [0.25, 0.3) is 0 Å². The van der Waals surface area contributed by atoms with Crippen LogP contribution < -0.4 is 10.4 Å². The highest BCUT2D eigenvalue weighted by molar-refractivity contribution is 6.99. The number of ether oxygens (including phenoxy) is 2. The van der Waals surface area contributed by atoms with Gasteiger partial charge >= 0.3 is 0 Å². The van der Waals surface area contributed by atoms with E-state index in [1.165, 1.54) is 10.4 Å². The Balaban J connectivity index is 1.88. The van der Waals surface area contributed by atoms with Crippen molar-refractivity contribution in [2.75, 3.05) is 13.2 Å². The lowest BCUT2D eigenvalue weighted by atomic mass is 9.84. The summed E-state index contributed by atoms with van der Waals surface area (Å²) in [6.07, 6.45) is 2.36. The van der Waals surface area contributed by atoms with Gasteiger partial charge in [-0.15, -0.1) is 6.58 Å². The summed E-state index contributed by atoms with van der Waals surface area (Å²) in [5.74, 6) is -0.576. The van der Waals surface area contributed by atoms with E-state index >= 15 is 0 Å². The Morgan fingerprint density at radius 1 is 1.09 bits per heavy atom. The number of aliphatic hydroxyl groups is 1. The SMILES string of the molecule is C=CC[C@@](O)(C[C@@H](C)CO[Si](c1ccccc1)(c1ccccc1)C(C)(C)C)[C@H]1COC(C)(C)O1. The van der Waals surface area contributed by atoms with Gasteiger partial charge in [-0.05, 0) is 48.0 Å². The normalized spacial score (nSPS) is 21.1. The van der Waals surface area contributed by atoms with Crippen LogP contribution in [0.4, 0.5) is 0 Å². The molecule has 0 aliphatic carbocycles. The Morgan fingerprint density at radius 2 is 1.62 bits per heavy atom. The fourth-order valence-corrected chi connectivity index (χ4v) is 9.93. The minimum Gasteiger partial charge on any atom is -0.407 e. The smallest absolute Gasteiger partial charge is 0.261 e. The number of benzene rings is 2. The molecule has 3 rings (SSSR count). The fraction of sp³-hybridized carbons (Fsp3) is 0.517. The molecule has 0 amide bonds. The minimum atomic E-state index is -2.62. The Labute approximate surface area is 207 Å². The predicted octanol–water partition coefficient (Wildman–Crippen LogP) is 5.05. The zero-order chi connectivity index (χ0) is 25.0. The Hall–Kier alpha value is -1.76. The molecule has 0 aromatic heterocycles. The second-order valence-corrected chi connectivity index (χ2v) is 15.5.